The van der Waals surface area contributed by atoms with Crippen LogP contribution < -0.4 is 0 Å². The van der Waals surface area contributed by atoms with Gasteiger partial charge in [-0.2, -0.15) is 0 Å². The van der Waals surface area contributed by atoms with Crippen LogP contribution in [0.5, 0.6) is 0 Å². The Morgan fingerprint density at radius 2 is 1.73 bits per heavy atom. The van der Waals surface area contributed by atoms with E-state index >= 15 is 0 Å². The van der Waals surface area contributed by atoms with Crippen LogP contribution in [0.2, 0.25) is 0 Å². The average Bonchev–Trinajstić information content (AvgIpc) is 2.92. The number of esters is 2. The van der Waals surface area contributed by atoms with Gasteiger partial charge >= 0.3 is 11.9 Å². The molecular weight excluding hydrogens is 564 g/mol. The lowest BCUT2D eigenvalue weighted by Crippen LogP contribution is -2.82. The van der Waals surface area contributed by atoms with Gasteiger partial charge in [0.05, 0.1) is 29.6 Å². The van der Waals surface area contributed by atoms with E-state index in [2.05, 4.69) is 0 Å². The molecule has 1 aromatic carbocycles. The molecule has 1 aliphatic heterocycles. The molecule has 1 saturated heterocycles. The van der Waals surface area contributed by atoms with E-state index < -0.39 is 81.8 Å². The number of aliphatic hydroxyl groups is 1. The van der Waals surface area contributed by atoms with Crippen molar-refractivity contribution in [2.45, 2.75) is 83.1 Å². The Morgan fingerprint density at radius 3 is 2.27 bits per heavy atom. The van der Waals surface area contributed by atoms with Gasteiger partial charge < -0.3 is 28.2 Å². The smallest absolute Gasteiger partial charge is 0.338 e. The van der Waals surface area contributed by atoms with Crippen LogP contribution >= 0.6 is 0 Å². The Morgan fingerprint density at radius 1 is 1.07 bits per heavy atom. The van der Waals surface area contributed by atoms with E-state index in [4.69, 9.17) is 23.1 Å². The van der Waals surface area contributed by atoms with Crippen LogP contribution in [0.25, 0.3) is 0 Å². The first-order valence-corrected chi connectivity index (χ1v) is 15.8. The molecule has 8 unspecified atom stereocenters. The van der Waals surface area contributed by atoms with Crippen molar-refractivity contribution in [3.8, 4) is 0 Å². The van der Waals surface area contributed by atoms with Crippen LogP contribution in [0.3, 0.4) is 0 Å². The van der Waals surface area contributed by atoms with E-state index in [-0.39, 0.29) is 41.4 Å². The maximum absolute atomic E-state index is 14.6. The Labute approximate surface area is 245 Å². The number of Topliss-reactive ketones (excluding diaryl/α,β-unsaturated/α-hetero) is 2. The van der Waals surface area contributed by atoms with E-state index in [1.165, 1.54) is 6.92 Å². The molecule has 0 radical (unpaired) electrons. The van der Waals surface area contributed by atoms with Crippen molar-refractivity contribution in [3.05, 3.63) is 35.9 Å². The third kappa shape index (κ3) is 4.09. The minimum atomic E-state index is -1.85. The lowest BCUT2D eigenvalue weighted by molar-refractivity contribution is -0.347. The zero-order valence-electron chi connectivity index (χ0n) is 24.7. The number of carbonyl (C=O) groups is 4. The maximum Gasteiger partial charge on any atom is 0.338 e. The van der Waals surface area contributed by atoms with Gasteiger partial charge in [-0.15, -0.1) is 0 Å². The minimum absolute atomic E-state index is 0.0516. The summed E-state index contributed by atoms with van der Waals surface area (Å²) in [5.41, 5.74) is -5.86. The first kappa shape index (κ1) is 30.2. The summed E-state index contributed by atoms with van der Waals surface area (Å²) in [4.78, 5) is 55.3. The number of hydrogen-bond donors (Lipinski definition) is 1. The number of ether oxygens (including phenoxy) is 3. The van der Waals surface area contributed by atoms with E-state index in [0.717, 1.165) is 0 Å². The second-order valence-electron chi connectivity index (χ2n) is 12.9. The van der Waals surface area contributed by atoms with Crippen LogP contribution in [-0.4, -0.2) is 91.8 Å². The number of benzene rings is 1. The fourth-order valence-electron chi connectivity index (χ4n) is 8.55. The Bertz CT molecular complexity index is 1260. The molecule has 0 spiro atoms. The van der Waals surface area contributed by atoms with Crippen molar-refractivity contribution in [2.75, 3.05) is 6.61 Å². The molecule has 10 atom stereocenters. The average molecular weight is 605 g/mol. The lowest BCUT2D eigenvalue weighted by Gasteiger charge is -2.68. The summed E-state index contributed by atoms with van der Waals surface area (Å²) in [5, 5.41) is 13.0. The normalized spacial score (nSPS) is 43.1. The van der Waals surface area contributed by atoms with Gasteiger partial charge in [0.2, 0.25) is 11.6 Å². The molecule has 1 N–H and O–H groups in total. The summed E-state index contributed by atoms with van der Waals surface area (Å²) in [5.74, 6) is -5.06. The van der Waals surface area contributed by atoms with Gasteiger partial charge in [-0.25, -0.2) is 4.79 Å². The number of ketones is 2. The van der Waals surface area contributed by atoms with Gasteiger partial charge in [0, 0.05) is 37.2 Å². The molecule has 2 bridgehead atoms. The summed E-state index contributed by atoms with van der Waals surface area (Å²) in [6, 6.07) is 8.37. The predicted octanol–water partition coefficient (Wildman–Crippen LogP) is -0.165. The fourth-order valence-corrected chi connectivity index (χ4v) is 9.82. The van der Waals surface area contributed by atoms with E-state index in [1.54, 1.807) is 51.1 Å². The van der Waals surface area contributed by atoms with Gasteiger partial charge in [-0.05, 0) is 25.0 Å². The molecular formula is C29H40O10Si2. The molecule has 5 rings (SSSR count). The van der Waals surface area contributed by atoms with Crippen LogP contribution in [0.4, 0.5) is 0 Å². The standard InChI is InChI=1S/C29H40O10Si2/c1-14-17(38-40)12-29(34)24(36-25(33)16-9-7-6-8-10-16)22-27(5,23(32)21(31)20(14)26(29,3)4)18(39-41)11-19-28(22,13-35-19)37-15(2)30/h6-10,14,17-20,22,24,34H,11-13H2,1-5,40-41H3/t14?,17?,18?,19?,20?,22?,24?,27-,28+,29?/m1/s1. The zero-order chi connectivity index (χ0) is 30.1. The van der Waals surface area contributed by atoms with Crippen molar-refractivity contribution in [1.29, 1.82) is 0 Å². The van der Waals surface area contributed by atoms with Crippen LogP contribution in [0.1, 0.15) is 57.8 Å². The monoisotopic (exact) mass is 604 g/mol. The van der Waals surface area contributed by atoms with Crippen molar-refractivity contribution >= 4 is 44.5 Å². The van der Waals surface area contributed by atoms with Gasteiger partial charge in [0.25, 0.3) is 0 Å². The first-order chi connectivity index (χ1) is 19.2. The summed E-state index contributed by atoms with van der Waals surface area (Å²) in [6.07, 6.45) is -3.15. The maximum atomic E-state index is 14.6. The van der Waals surface area contributed by atoms with Crippen molar-refractivity contribution in [3.63, 3.8) is 0 Å². The minimum Gasteiger partial charge on any atom is -0.455 e. The molecule has 10 nitrogen and oxygen atoms in total. The Kier molecular flexibility index (Phi) is 7.52. The fraction of sp³-hybridized carbons (Fsp3) is 0.655. The molecule has 3 saturated carbocycles. The summed E-state index contributed by atoms with van der Waals surface area (Å²) >= 11 is 0. The van der Waals surface area contributed by atoms with Gasteiger partial charge in [-0.3, -0.25) is 14.4 Å². The highest BCUT2D eigenvalue weighted by Crippen LogP contribution is 2.64. The predicted molar refractivity (Wildman–Crippen MR) is 152 cm³/mol. The molecule has 0 amide bonds. The second-order valence-corrected chi connectivity index (χ2v) is 13.9. The third-order valence-electron chi connectivity index (χ3n) is 10.8. The van der Waals surface area contributed by atoms with E-state index in [1.807, 2.05) is 6.92 Å². The highest BCUT2D eigenvalue weighted by atomic mass is 28.2. The van der Waals surface area contributed by atoms with Gasteiger partial charge in [0.1, 0.15) is 38.8 Å². The molecule has 1 heterocycles. The highest BCUT2D eigenvalue weighted by molar-refractivity contribution is 6.40. The summed E-state index contributed by atoms with van der Waals surface area (Å²) in [6.45, 7) is 8.16. The largest absolute Gasteiger partial charge is 0.455 e. The molecule has 1 aromatic rings. The Balaban J connectivity index is 1.82. The number of rotatable bonds is 5. The van der Waals surface area contributed by atoms with Gasteiger partial charge in [0.15, 0.2) is 5.60 Å². The first-order valence-electron chi connectivity index (χ1n) is 14.1. The molecule has 4 aliphatic rings. The molecule has 4 fully saturated rings. The SMILES string of the molecule is CC(=O)O[C@@]12COC1CC(O[SiH3])[C@@]1(C)C(=O)C(=O)C3C(C)C(O[SiH3])CC(O)(C(OC(=O)c4ccccc4)C21)C3(C)C. The van der Waals surface area contributed by atoms with Crippen molar-refractivity contribution in [2.24, 2.45) is 28.6 Å². The topological polar surface area (TPSA) is 135 Å². The van der Waals surface area contributed by atoms with E-state index in [0.29, 0.717) is 10.5 Å². The highest BCUT2D eigenvalue weighted by Gasteiger charge is 2.79. The van der Waals surface area contributed by atoms with Crippen LogP contribution in [0, 0.1) is 28.6 Å². The molecule has 3 aliphatic carbocycles. The summed E-state index contributed by atoms with van der Waals surface area (Å²) < 4.78 is 30.2. The van der Waals surface area contributed by atoms with Crippen molar-refractivity contribution in [1.82, 2.24) is 0 Å². The number of hydrogen-bond acceptors (Lipinski definition) is 10. The molecule has 224 valence electrons. The molecule has 12 heteroatoms. The second kappa shape index (κ2) is 10.2. The molecule has 41 heavy (non-hydrogen) atoms. The Hall–Kier alpha value is -2.23. The zero-order valence-corrected chi connectivity index (χ0v) is 28.7. The van der Waals surface area contributed by atoms with Crippen LogP contribution in [0.15, 0.2) is 30.3 Å². The third-order valence-corrected chi connectivity index (χ3v) is 12.0. The summed E-state index contributed by atoms with van der Waals surface area (Å²) in [7, 11) is 0.571. The quantitative estimate of drug-likeness (QED) is 0.274. The molecule has 0 aromatic heterocycles. The number of carbonyl (C=O) groups excluding carboxylic acids is 4. The van der Waals surface area contributed by atoms with E-state index in [9.17, 15) is 24.3 Å². The van der Waals surface area contributed by atoms with Crippen LogP contribution in [-0.2, 0) is 37.4 Å². The lowest BCUT2D eigenvalue weighted by atomic mass is 9.42. The number of fused-ring (bicyclic) bond motifs is 5. The van der Waals surface area contributed by atoms with Crippen molar-refractivity contribution < 1.29 is 47.3 Å². The van der Waals surface area contributed by atoms with Gasteiger partial charge in [-0.1, -0.05) is 39.0 Å².